The van der Waals surface area contributed by atoms with Crippen LogP contribution in [0.1, 0.15) is 20.0 Å². The zero-order chi connectivity index (χ0) is 22.2. The van der Waals surface area contributed by atoms with E-state index in [1.54, 1.807) is 42.7 Å². The van der Waals surface area contributed by atoms with Gasteiger partial charge >= 0.3 is 0 Å². The molecule has 7 nitrogen and oxygen atoms in total. The average Bonchev–Trinajstić information content (AvgIpc) is 3.15. The highest BCUT2D eigenvalue weighted by Gasteiger charge is 2.11. The number of hydrogen-bond donors (Lipinski definition) is 2. The molecule has 2 N–H and O–H groups in total. The molecule has 0 aliphatic carbocycles. The molecular weight excluding hydrogens is 378 g/mol. The monoisotopic (exact) mass is 396 g/mol. The Kier molecular flexibility index (Phi) is 3.79. The SMILES string of the molecule is [2H]C([2H])([2H])NC(=O)c1cccc(Cn2ccc3cc(-c4c[nH]nc4Cl)ncc3c2=O)c1. The van der Waals surface area contributed by atoms with Gasteiger partial charge < -0.3 is 9.88 Å². The largest absolute Gasteiger partial charge is 0.355 e. The number of H-pyrrole nitrogens is 1. The number of pyridine rings is 2. The van der Waals surface area contributed by atoms with Crippen molar-refractivity contribution in [1.29, 1.82) is 0 Å². The Bertz CT molecular complexity index is 1350. The van der Waals surface area contributed by atoms with Gasteiger partial charge in [0, 0.05) is 35.2 Å². The third-order valence-corrected chi connectivity index (χ3v) is 4.67. The van der Waals surface area contributed by atoms with Crippen LogP contribution in [0.3, 0.4) is 0 Å². The topological polar surface area (TPSA) is 92.7 Å². The summed E-state index contributed by atoms with van der Waals surface area (Å²) in [5.74, 6) is -0.706. The van der Waals surface area contributed by atoms with E-state index in [2.05, 4.69) is 15.2 Å². The first-order chi connectivity index (χ1) is 14.7. The Hall–Kier alpha value is -3.45. The zero-order valence-corrected chi connectivity index (χ0v) is 15.2. The van der Waals surface area contributed by atoms with E-state index in [1.807, 2.05) is 5.32 Å². The van der Waals surface area contributed by atoms with Crippen LogP contribution in [0.25, 0.3) is 22.0 Å². The fourth-order valence-corrected chi connectivity index (χ4v) is 3.18. The van der Waals surface area contributed by atoms with Crippen LogP contribution in [-0.4, -0.2) is 32.6 Å². The zero-order valence-electron chi connectivity index (χ0n) is 17.4. The molecular formula is C20H16ClN5O2. The maximum atomic E-state index is 12.9. The third kappa shape index (κ3) is 3.27. The second-order valence-corrected chi connectivity index (χ2v) is 6.51. The average molecular weight is 397 g/mol. The lowest BCUT2D eigenvalue weighted by atomic mass is 10.1. The lowest BCUT2D eigenvalue weighted by Gasteiger charge is -2.09. The highest BCUT2D eigenvalue weighted by molar-refractivity contribution is 6.32. The summed E-state index contributed by atoms with van der Waals surface area (Å²) < 4.78 is 23.0. The Morgan fingerprint density at radius 3 is 3.04 bits per heavy atom. The Balaban J connectivity index is 1.63. The second-order valence-electron chi connectivity index (χ2n) is 6.15. The van der Waals surface area contributed by atoms with E-state index in [0.717, 1.165) is 0 Å². The maximum absolute atomic E-state index is 12.9. The van der Waals surface area contributed by atoms with Gasteiger partial charge in [-0.15, -0.1) is 0 Å². The number of nitrogens with one attached hydrogen (secondary N) is 2. The first-order valence-electron chi connectivity index (χ1n) is 9.81. The smallest absolute Gasteiger partial charge is 0.260 e. The van der Waals surface area contributed by atoms with Crippen molar-refractivity contribution >= 4 is 28.3 Å². The Morgan fingerprint density at radius 2 is 2.25 bits per heavy atom. The molecule has 140 valence electrons. The molecule has 0 spiro atoms. The van der Waals surface area contributed by atoms with Crippen molar-refractivity contribution in [2.45, 2.75) is 6.54 Å². The number of aromatic nitrogens is 4. The number of hydrogen-bond acceptors (Lipinski definition) is 4. The first kappa shape index (κ1) is 14.6. The number of carbonyl (C=O) groups excluding carboxylic acids is 1. The van der Waals surface area contributed by atoms with Crippen LogP contribution < -0.4 is 10.9 Å². The van der Waals surface area contributed by atoms with Crippen LogP contribution in [0.15, 0.2) is 59.8 Å². The van der Waals surface area contributed by atoms with Crippen molar-refractivity contribution in [3.63, 3.8) is 0 Å². The minimum atomic E-state index is -2.57. The van der Waals surface area contributed by atoms with Gasteiger partial charge in [0.25, 0.3) is 11.5 Å². The van der Waals surface area contributed by atoms with Gasteiger partial charge in [0.05, 0.1) is 23.2 Å². The molecule has 0 saturated heterocycles. The minimum Gasteiger partial charge on any atom is -0.355 e. The molecule has 4 rings (SSSR count). The lowest BCUT2D eigenvalue weighted by Crippen LogP contribution is -2.21. The van der Waals surface area contributed by atoms with Crippen LogP contribution in [-0.2, 0) is 6.54 Å². The molecule has 8 heteroatoms. The number of benzene rings is 1. The number of nitrogens with zero attached hydrogens (tertiary/aromatic N) is 3. The first-order valence-corrected chi connectivity index (χ1v) is 8.69. The number of aromatic amines is 1. The van der Waals surface area contributed by atoms with E-state index < -0.39 is 12.9 Å². The molecule has 0 aliphatic rings. The van der Waals surface area contributed by atoms with Gasteiger partial charge in [0.1, 0.15) is 0 Å². The van der Waals surface area contributed by atoms with Crippen molar-refractivity contribution in [2.24, 2.45) is 0 Å². The molecule has 0 aliphatic heterocycles. The molecule has 0 unspecified atom stereocenters. The predicted molar refractivity (Wildman–Crippen MR) is 108 cm³/mol. The van der Waals surface area contributed by atoms with Crippen molar-refractivity contribution < 1.29 is 8.91 Å². The molecule has 1 amide bonds. The molecule has 0 radical (unpaired) electrons. The summed E-state index contributed by atoms with van der Waals surface area (Å²) in [7, 11) is 0. The van der Waals surface area contributed by atoms with Crippen molar-refractivity contribution in [3.05, 3.63) is 81.6 Å². The Morgan fingerprint density at radius 1 is 1.36 bits per heavy atom. The van der Waals surface area contributed by atoms with E-state index in [0.29, 0.717) is 32.7 Å². The van der Waals surface area contributed by atoms with E-state index in [9.17, 15) is 9.59 Å². The maximum Gasteiger partial charge on any atom is 0.260 e. The van der Waals surface area contributed by atoms with Crippen LogP contribution in [0.2, 0.25) is 5.15 Å². The summed E-state index contributed by atoms with van der Waals surface area (Å²) in [6, 6.07) is 10.0. The number of carbonyl (C=O) groups is 1. The summed E-state index contributed by atoms with van der Waals surface area (Å²) in [6.07, 6.45) is 4.78. The van der Waals surface area contributed by atoms with Gasteiger partial charge in [-0.05, 0) is 35.2 Å². The third-order valence-electron chi connectivity index (χ3n) is 4.39. The molecule has 3 aromatic heterocycles. The second kappa shape index (κ2) is 7.28. The standard InChI is InChI=1S/C20H16ClN5O2/c1-22-19(27)14-4-2-3-12(7-14)11-26-6-5-13-8-17(16-10-24-25-18(16)21)23-9-15(13)20(26)28/h2-10H,11H2,1H3,(H,22,27)(H,24,25)/i1D3. The van der Waals surface area contributed by atoms with Gasteiger partial charge in [-0.2, -0.15) is 5.10 Å². The minimum absolute atomic E-state index is 0.200. The Labute approximate surface area is 169 Å². The number of fused-ring (bicyclic) bond motifs is 1. The van der Waals surface area contributed by atoms with Crippen molar-refractivity contribution in [2.75, 3.05) is 6.98 Å². The number of halogens is 1. The molecule has 0 atom stereocenters. The van der Waals surface area contributed by atoms with Gasteiger partial charge in [-0.1, -0.05) is 23.7 Å². The van der Waals surface area contributed by atoms with Crippen LogP contribution in [0.4, 0.5) is 0 Å². The fourth-order valence-electron chi connectivity index (χ4n) is 2.98. The van der Waals surface area contributed by atoms with E-state index in [-0.39, 0.29) is 17.7 Å². The summed E-state index contributed by atoms with van der Waals surface area (Å²) in [6.45, 7) is -2.37. The molecule has 1 aromatic carbocycles. The van der Waals surface area contributed by atoms with Crippen LogP contribution in [0, 0.1) is 0 Å². The van der Waals surface area contributed by atoms with E-state index in [4.69, 9.17) is 15.7 Å². The highest BCUT2D eigenvalue weighted by atomic mass is 35.5. The van der Waals surface area contributed by atoms with E-state index in [1.165, 1.54) is 16.8 Å². The van der Waals surface area contributed by atoms with Gasteiger partial charge in [-0.3, -0.25) is 19.7 Å². The van der Waals surface area contributed by atoms with Gasteiger partial charge in [-0.25, -0.2) is 0 Å². The number of amides is 1. The van der Waals surface area contributed by atoms with E-state index >= 15 is 0 Å². The molecule has 0 fully saturated rings. The van der Waals surface area contributed by atoms with Crippen LogP contribution in [0.5, 0.6) is 0 Å². The molecule has 0 bridgehead atoms. The van der Waals surface area contributed by atoms with Crippen LogP contribution >= 0.6 is 11.6 Å². The molecule has 3 heterocycles. The molecule has 4 aromatic rings. The predicted octanol–water partition coefficient (Wildman–Crippen LogP) is 2.85. The highest BCUT2D eigenvalue weighted by Crippen LogP contribution is 2.25. The normalized spacial score (nSPS) is 13.0. The van der Waals surface area contributed by atoms with Crippen molar-refractivity contribution in [3.8, 4) is 11.3 Å². The summed E-state index contributed by atoms with van der Waals surface area (Å²) in [5, 5.41) is 9.92. The lowest BCUT2D eigenvalue weighted by molar-refractivity contribution is 0.0963. The number of rotatable bonds is 4. The summed E-state index contributed by atoms with van der Waals surface area (Å²) >= 11 is 6.03. The quantitative estimate of drug-likeness (QED) is 0.554. The molecule has 0 saturated carbocycles. The van der Waals surface area contributed by atoms with Gasteiger partial charge in [0.15, 0.2) is 5.15 Å². The fraction of sp³-hybridized carbons (Fsp3) is 0.100. The summed E-state index contributed by atoms with van der Waals surface area (Å²) in [4.78, 5) is 29.4. The summed E-state index contributed by atoms with van der Waals surface area (Å²) in [5.41, 5.74) is 1.86. The van der Waals surface area contributed by atoms with Crippen molar-refractivity contribution in [1.82, 2.24) is 25.1 Å². The molecule has 28 heavy (non-hydrogen) atoms. The van der Waals surface area contributed by atoms with Gasteiger partial charge in [0.2, 0.25) is 0 Å².